The number of ether oxygens (including phenoxy) is 2. The van der Waals surface area contributed by atoms with Gasteiger partial charge >= 0.3 is 12.6 Å². The van der Waals surface area contributed by atoms with Crippen LogP contribution in [-0.2, 0) is 9.53 Å². The molecule has 0 bridgehead atoms. The summed E-state index contributed by atoms with van der Waals surface area (Å²) in [5, 5.41) is 2.77. The number of carbonyl (C=O) groups is 2. The van der Waals surface area contributed by atoms with Gasteiger partial charge in [0, 0.05) is 6.54 Å². The Morgan fingerprint density at radius 2 is 1.79 bits per heavy atom. The average Bonchev–Trinajstić information content (AvgIpc) is 2.59. The van der Waals surface area contributed by atoms with Crippen LogP contribution in [0.15, 0.2) is 24.3 Å². The van der Waals surface area contributed by atoms with E-state index in [1.807, 2.05) is 0 Å². The molecule has 1 N–H and O–H groups in total. The fourth-order valence-corrected chi connectivity index (χ4v) is 2.69. The van der Waals surface area contributed by atoms with Gasteiger partial charge in [0.15, 0.2) is 6.61 Å². The van der Waals surface area contributed by atoms with E-state index in [0.717, 1.165) is 12.8 Å². The third kappa shape index (κ3) is 6.14. The van der Waals surface area contributed by atoms with Gasteiger partial charge in [0.1, 0.15) is 5.75 Å². The Kier molecular flexibility index (Phi) is 6.96. The molecule has 1 saturated carbocycles. The Morgan fingerprint density at radius 1 is 1.12 bits per heavy atom. The Bertz CT molecular complexity index is 542. The normalized spacial score (nSPS) is 15.1. The first-order valence-corrected chi connectivity index (χ1v) is 8.03. The molecular formula is C17H21F2NO4. The van der Waals surface area contributed by atoms with Gasteiger partial charge in [-0.25, -0.2) is 4.79 Å². The molecule has 0 unspecified atom stereocenters. The van der Waals surface area contributed by atoms with Crippen LogP contribution < -0.4 is 10.1 Å². The van der Waals surface area contributed by atoms with E-state index >= 15 is 0 Å². The maximum absolute atomic E-state index is 12.0. The Morgan fingerprint density at radius 3 is 2.42 bits per heavy atom. The lowest BCUT2D eigenvalue weighted by molar-refractivity contribution is -0.124. The summed E-state index contributed by atoms with van der Waals surface area (Å²) in [6.45, 7) is -2.67. The summed E-state index contributed by atoms with van der Waals surface area (Å²) in [6.07, 6.45) is 5.88. The topological polar surface area (TPSA) is 64.6 Å². The van der Waals surface area contributed by atoms with Crippen LogP contribution in [0.25, 0.3) is 0 Å². The quantitative estimate of drug-likeness (QED) is 0.774. The van der Waals surface area contributed by atoms with E-state index in [-0.39, 0.29) is 23.8 Å². The van der Waals surface area contributed by atoms with Crippen LogP contribution in [-0.4, -0.2) is 31.6 Å². The van der Waals surface area contributed by atoms with Crippen molar-refractivity contribution in [3.63, 3.8) is 0 Å². The standard InChI is InChI=1S/C17H21F2NO4/c18-17(19)24-14-8-6-13(7-9-14)16(22)23-11-15(21)20-10-12-4-2-1-3-5-12/h6-9,12,17H,1-5,10-11H2,(H,20,21). The van der Waals surface area contributed by atoms with Crippen LogP contribution in [0.4, 0.5) is 8.78 Å². The highest BCUT2D eigenvalue weighted by molar-refractivity contribution is 5.91. The number of amides is 1. The van der Waals surface area contributed by atoms with Gasteiger partial charge < -0.3 is 14.8 Å². The third-order valence-corrected chi connectivity index (χ3v) is 3.96. The molecule has 1 amide bonds. The maximum atomic E-state index is 12.0. The molecule has 1 aromatic rings. The fourth-order valence-electron chi connectivity index (χ4n) is 2.69. The minimum Gasteiger partial charge on any atom is -0.452 e. The lowest BCUT2D eigenvalue weighted by atomic mass is 9.89. The second-order valence-electron chi connectivity index (χ2n) is 5.79. The molecule has 0 radical (unpaired) electrons. The number of halogens is 2. The molecule has 1 aliphatic rings. The van der Waals surface area contributed by atoms with E-state index in [4.69, 9.17) is 4.74 Å². The molecule has 2 rings (SSSR count). The number of hydrogen-bond donors (Lipinski definition) is 1. The lowest BCUT2D eigenvalue weighted by Crippen LogP contribution is -2.33. The van der Waals surface area contributed by atoms with Crippen molar-refractivity contribution in [3.05, 3.63) is 29.8 Å². The van der Waals surface area contributed by atoms with Crippen molar-refractivity contribution >= 4 is 11.9 Å². The van der Waals surface area contributed by atoms with Crippen LogP contribution >= 0.6 is 0 Å². The lowest BCUT2D eigenvalue weighted by Gasteiger charge is -2.21. The summed E-state index contributed by atoms with van der Waals surface area (Å²) in [5.74, 6) is -0.578. The summed E-state index contributed by atoms with van der Waals surface area (Å²) >= 11 is 0. The molecule has 1 fully saturated rings. The van der Waals surface area contributed by atoms with Crippen LogP contribution in [0, 0.1) is 5.92 Å². The van der Waals surface area contributed by atoms with Crippen molar-refractivity contribution in [3.8, 4) is 5.75 Å². The Balaban J connectivity index is 1.70. The number of nitrogens with one attached hydrogen (secondary N) is 1. The van der Waals surface area contributed by atoms with Crippen LogP contribution in [0.2, 0.25) is 0 Å². The molecule has 0 atom stereocenters. The summed E-state index contributed by atoms with van der Waals surface area (Å²) in [7, 11) is 0. The summed E-state index contributed by atoms with van der Waals surface area (Å²) in [4.78, 5) is 23.5. The molecule has 24 heavy (non-hydrogen) atoms. The van der Waals surface area contributed by atoms with Crippen LogP contribution in [0.1, 0.15) is 42.5 Å². The minimum atomic E-state index is -2.92. The van der Waals surface area contributed by atoms with Gasteiger partial charge in [0.25, 0.3) is 5.91 Å². The smallest absolute Gasteiger partial charge is 0.387 e. The largest absolute Gasteiger partial charge is 0.452 e. The first kappa shape index (κ1) is 18.2. The van der Waals surface area contributed by atoms with Gasteiger partial charge in [-0.15, -0.1) is 0 Å². The van der Waals surface area contributed by atoms with Crippen molar-refractivity contribution in [1.82, 2.24) is 5.32 Å². The monoisotopic (exact) mass is 341 g/mol. The van der Waals surface area contributed by atoms with E-state index in [2.05, 4.69) is 10.1 Å². The molecule has 7 heteroatoms. The second kappa shape index (κ2) is 9.20. The number of hydrogen-bond acceptors (Lipinski definition) is 4. The zero-order valence-corrected chi connectivity index (χ0v) is 13.3. The maximum Gasteiger partial charge on any atom is 0.387 e. The van der Waals surface area contributed by atoms with Gasteiger partial charge in [0.2, 0.25) is 0 Å². The second-order valence-corrected chi connectivity index (χ2v) is 5.79. The molecule has 0 saturated heterocycles. The number of carbonyl (C=O) groups excluding carboxylic acids is 2. The number of benzene rings is 1. The molecule has 1 aromatic carbocycles. The fraction of sp³-hybridized carbons (Fsp3) is 0.529. The Hall–Kier alpha value is -2.18. The number of esters is 1. The van der Waals surface area contributed by atoms with E-state index in [0.29, 0.717) is 12.5 Å². The number of rotatable bonds is 7. The van der Waals surface area contributed by atoms with Crippen LogP contribution in [0.5, 0.6) is 5.75 Å². The molecule has 5 nitrogen and oxygen atoms in total. The van der Waals surface area contributed by atoms with Gasteiger partial charge in [-0.05, 0) is 43.0 Å². The first-order chi connectivity index (χ1) is 11.5. The molecular weight excluding hydrogens is 320 g/mol. The predicted octanol–water partition coefficient (Wildman–Crippen LogP) is 3.14. The van der Waals surface area contributed by atoms with Crippen molar-refractivity contribution in [2.75, 3.05) is 13.2 Å². The van der Waals surface area contributed by atoms with Gasteiger partial charge in [0.05, 0.1) is 5.56 Å². The predicted molar refractivity (Wildman–Crippen MR) is 82.9 cm³/mol. The number of alkyl halides is 2. The van der Waals surface area contributed by atoms with Crippen molar-refractivity contribution < 1.29 is 27.8 Å². The SMILES string of the molecule is O=C(COC(=O)c1ccc(OC(F)F)cc1)NCC1CCCCC1. The summed E-state index contributed by atoms with van der Waals surface area (Å²) in [5.41, 5.74) is 0.164. The molecule has 0 heterocycles. The van der Waals surface area contributed by atoms with Crippen LogP contribution in [0.3, 0.4) is 0 Å². The zero-order chi connectivity index (χ0) is 17.4. The van der Waals surface area contributed by atoms with Gasteiger partial charge in [-0.1, -0.05) is 19.3 Å². The molecule has 0 aromatic heterocycles. The van der Waals surface area contributed by atoms with E-state index in [1.54, 1.807) is 0 Å². The Labute approximate surface area is 139 Å². The van der Waals surface area contributed by atoms with E-state index < -0.39 is 12.6 Å². The highest BCUT2D eigenvalue weighted by Crippen LogP contribution is 2.22. The molecule has 132 valence electrons. The van der Waals surface area contributed by atoms with Crippen molar-refractivity contribution in [2.45, 2.75) is 38.7 Å². The molecule has 0 spiro atoms. The minimum absolute atomic E-state index is 0.0493. The zero-order valence-electron chi connectivity index (χ0n) is 13.3. The molecule has 1 aliphatic carbocycles. The third-order valence-electron chi connectivity index (χ3n) is 3.96. The highest BCUT2D eigenvalue weighted by Gasteiger charge is 2.15. The van der Waals surface area contributed by atoms with Gasteiger partial charge in [-0.2, -0.15) is 8.78 Å². The highest BCUT2D eigenvalue weighted by atomic mass is 19.3. The van der Waals surface area contributed by atoms with E-state index in [9.17, 15) is 18.4 Å². The van der Waals surface area contributed by atoms with Gasteiger partial charge in [-0.3, -0.25) is 4.79 Å². The first-order valence-electron chi connectivity index (χ1n) is 8.03. The average molecular weight is 341 g/mol. The van der Waals surface area contributed by atoms with Crippen molar-refractivity contribution in [2.24, 2.45) is 5.92 Å². The summed E-state index contributed by atoms with van der Waals surface area (Å²) < 4.78 is 33.2. The summed E-state index contributed by atoms with van der Waals surface area (Å²) in [6, 6.07) is 5.09. The van der Waals surface area contributed by atoms with Crippen molar-refractivity contribution in [1.29, 1.82) is 0 Å². The molecule has 0 aliphatic heterocycles. The van der Waals surface area contributed by atoms with E-state index in [1.165, 1.54) is 43.5 Å².